The highest BCUT2D eigenvalue weighted by molar-refractivity contribution is 6.63. The first kappa shape index (κ1) is 18.5. The van der Waals surface area contributed by atoms with Gasteiger partial charge in [-0.1, -0.05) is 6.07 Å². The van der Waals surface area contributed by atoms with Crippen LogP contribution in [0.5, 0.6) is 5.75 Å². The van der Waals surface area contributed by atoms with Crippen molar-refractivity contribution in [2.45, 2.75) is 45.4 Å². The van der Waals surface area contributed by atoms with Gasteiger partial charge in [0, 0.05) is 11.0 Å². The van der Waals surface area contributed by atoms with Gasteiger partial charge in [-0.15, -0.1) is 0 Å². The molecule has 0 unspecified atom stereocenters. The average molecular weight is 357 g/mol. The summed E-state index contributed by atoms with van der Waals surface area (Å²) in [6.07, 6.45) is 1.57. The van der Waals surface area contributed by atoms with E-state index in [9.17, 15) is 4.79 Å². The smallest absolute Gasteiger partial charge is 0.497 e. The molecule has 1 fully saturated rings. The van der Waals surface area contributed by atoms with E-state index in [1.165, 1.54) is 0 Å². The van der Waals surface area contributed by atoms with Gasteiger partial charge in [-0.3, -0.25) is 4.79 Å². The van der Waals surface area contributed by atoms with Crippen LogP contribution in [0.1, 0.15) is 43.8 Å². The maximum absolute atomic E-state index is 12.4. The fourth-order valence-electron chi connectivity index (χ4n) is 2.70. The molecule has 6 nitrogen and oxygen atoms in total. The van der Waals surface area contributed by atoms with Gasteiger partial charge < -0.3 is 23.8 Å². The summed E-state index contributed by atoms with van der Waals surface area (Å²) in [6.45, 7) is 8.31. The zero-order chi connectivity index (χ0) is 18.9. The number of carbonyl (C=O) groups excluding carboxylic acids is 1. The van der Waals surface area contributed by atoms with Crippen LogP contribution >= 0.6 is 0 Å². The van der Waals surface area contributed by atoms with Crippen molar-refractivity contribution in [2.24, 2.45) is 0 Å². The van der Waals surface area contributed by atoms with E-state index in [2.05, 4.69) is 5.32 Å². The Balaban J connectivity index is 1.77. The number of rotatable bonds is 5. The highest BCUT2D eigenvalue weighted by Crippen LogP contribution is 2.37. The zero-order valence-corrected chi connectivity index (χ0v) is 15.8. The molecule has 7 heteroatoms. The molecule has 1 aliphatic heterocycles. The Morgan fingerprint density at radius 2 is 1.85 bits per heavy atom. The number of carbonyl (C=O) groups is 1. The van der Waals surface area contributed by atoms with Crippen LogP contribution in [0.25, 0.3) is 0 Å². The van der Waals surface area contributed by atoms with Crippen molar-refractivity contribution in [1.29, 1.82) is 0 Å². The summed E-state index contributed by atoms with van der Waals surface area (Å²) in [5.41, 5.74) is 0.367. The fourth-order valence-corrected chi connectivity index (χ4v) is 2.70. The minimum Gasteiger partial charge on any atom is -0.497 e. The van der Waals surface area contributed by atoms with Crippen molar-refractivity contribution in [3.05, 3.63) is 47.9 Å². The summed E-state index contributed by atoms with van der Waals surface area (Å²) < 4.78 is 22.8. The lowest BCUT2D eigenvalue weighted by atomic mass is 9.78. The third-order valence-corrected chi connectivity index (χ3v) is 5.01. The highest BCUT2D eigenvalue weighted by atomic mass is 16.7. The summed E-state index contributed by atoms with van der Waals surface area (Å²) in [5, 5.41) is 2.82. The monoisotopic (exact) mass is 357 g/mol. The van der Waals surface area contributed by atoms with E-state index < -0.39 is 18.3 Å². The van der Waals surface area contributed by atoms with Gasteiger partial charge in [-0.05, 0) is 52.0 Å². The lowest BCUT2D eigenvalue weighted by Crippen LogP contribution is -2.41. The number of hydrogen-bond acceptors (Lipinski definition) is 5. The second-order valence-electron chi connectivity index (χ2n) is 7.31. The lowest BCUT2D eigenvalue weighted by Gasteiger charge is -2.32. The van der Waals surface area contributed by atoms with Crippen LogP contribution in [0.3, 0.4) is 0 Å². The van der Waals surface area contributed by atoms with Crippen LogP contribution in [0.2, 0.25) is 0 Å². The molecule has 0 bridgehead atoms. The molecule has 1 saturated heterocycles. The summed E-state index contributed by atoms with van der Waals surface area (Å²) in [4.78, 5) is 12.4. The molecule has 0 atom stereocenters. The average Bonchev–Trinajstić information content (AvgIpc) is 3.18. The molecule has 2 heterocycles. The Morgan fingerprint density at radius 1 is 1.15 bits per heavy atom. The molecular weight excluding hydrogens is 333 g/mol. The van der Waals surface area contributed by atoms with Gasteiger partial charge >= 0.3 is 7.12 Å². The van der Waals surface area contributed by atoms with E-state index in [4.69, 9.17) is 18.5 Å². The van der Waals surface area contributed by atoms with Gasteiger partial charge in [0.25, 0.3) is 5.91 Å². The van der Waals surface area contributed by atoms with Crippen molar-refractivity contribution in [2.75, 3.05) is 7.11 Å². The summed E-state index contributed by atoms with van der Waals surface area (Å²) >= 11 is 0. The van der Waals surface area contributed by atoms with Gasteiger partial charge in [0.05, 0.1) is 31.1 Å². The van der Waals surface area contributed by atoms with Crippen LogP contribution in [0.4, 0.5) is 0 Å². The van der Waals surface area contributed by atoms with E-state index in [0.29, 0.717) is 23.6 Å². The first-order valence-electron chi connectivity index (χ1n) is 8.58. The highest BCUT2D eigenvalue weighted by Gasteiger charge is 2.52. The van der Waals surface area contributed by atoms with Gasteiger partial charge in [0.1, 0.15) is 11.5 Å². The van der Waals surface area contributed by atoms with Crippen LogP contribution in [0, 0.1) is 0 Å². The van der Waals surface area contributed by atoms with Crippen molar-refractivity contribution >= 4 is 18.5 Å². The standard InChI is InChI=1S/C19H24BNO5/c1-18(2)19(3,4)26-20(25-18)15-9-8-13(11-16(15)23-5)17(22)21-12-14-7-6-10-24-14/h6-11H,12H2,1-5H3,(H,21,22). The Hall–Kier alpha value is -2.25. The molecule has 138 valence electrons. The number of amides is 1. The first-order valence-corrected chi connectivity index (χ1v) is 8.58. The van der Waals surface area contributed by atoms with Gasteiger partial charge in [-0.25, -0.2) is 0 Å². The van der Waals surface area contributed by atoms with Crippen molar-refractivity contribution in [1.82, 2.24) is 5.32 Å². The van der Waals surface area contributed by atoms with Crippen molar-refractivity contribution in [3.63, 3.8) is 0 Å². The maximum atomic E-state index is 12.4. The number of furan rings is 1. The molecule has 1 aromatic carbocycles. The number of ether oxygens (including phenoxy) is 1. The second kappa shape index (κ2) is 6.81. The molecule has 0 radical (unpaired) electrons. The van der Waals surface area contributed by atoms with Gasteiger partial charge in [-0.2, -0.15) is 0 Å². The number of nitrogens with one attached hydrogen (secondary N) is 1. The topological polar surface area (TPSA) is 69.9 Å². The fraction of sp³-hybridized carbons (Fsp3) is 0.421. The van der Waals surface area contributed by atoms with Gasteiger partial charge in [0.15, 0.2) is 0 Å². The van der Waals surface area contributed by atoms with Crippen molar-refractivity contribution in [3.8, 4) is 5.75 Å². The Kier molecular flexibility index (Phi) is 4.86. The molecule has 3 rings (SSSR count). The lowest BCUT2D eigenvalue weighted by molar-refractivity contribution is 0.00578. The molecule has 0 spiro atoms. The molecule has 2 aromatic rings. The minimum absolute atomic E-state index is 0.208. The Bertz CT molecular complexity index is 769. The van der Waals surface area contributed by atoms with Crippen molar-refractivity contribution < 1.29 is 23.3 Å². The molecule has 1 amide bonds. The van der Waals surface area contributed by atoms with Crippen LogP contribution < -0.4 is 15.5 Å². The molecule has 26 heavy (non-hydrogen) atoms. The Morgan fingerprint density at radius 3 is 2.42 bits per heavy atom. The normalized spacial score (nSPS) is 18.0. The summed E-state index contributed by atoms with van der Waals surface area (Å²) in [5.74, 6) is 1.04. The number of hydrogen-bond donors (Lipinski definition) is 1. The van der Waals surface area contributed by atoms with Crippen LogP contribution in [-0.4, -0.2) is 31.3 Å². The van der Waals surface area contributed by atoms with Crippen LogP contribution in [0.15, 0.2) is 41.0 Å². The van der Waals surface area contributed by atoms with E-state index >= 15 is 0 Å². The Labute approximate surface area is 154 Å². The predicted octanol–water partition coefficient (Wildman–Crippen LogP) is 2.52. The van der Waals surface area contributed by atoms with E-state index in [1.807, 2.05) is 39.8 Å². The number of benzene rings is 1. The van der Waals surface area contributed by atoms with E-state index in [1.54, 1.807) is 31.6 Å². The zero-order valence-electron chi connectivity index (χ0n) is 15.8. The SMILES string of the molecule is COc1cc(C(=O)NCc2ccco2)ccc1B1OC(C)(C)C(C)(C)O1. The molecule has 0 aliphatic carbocycles. The minimum atomic E-state index is -0.546. The van der Waals surface area contributed by atoms with E-state index in [0.717, 1.165) is 5.46 Å². The second-order valence-corrected chi connectivity index (χ2v) is 7.31. The first-order chi connectivity index (χ1) is 12.2. The third kappa shape index (κ3) is 3.50. The molecule has 0 saturated carbocycles. The molecule has 1 aliphatic rings. The maximum Gasteiger partial charge on any atom is 0.498 e. The molecule has 1 N–H and O–H groups in total. The quantitative estimate of drug-likeness (QED) is 0.833. The molecule has 1 aromatic heterocycles. The van der Waals surface area contributed by atoms with E-state index in [-0.39, 0.29) is 5.91 Å². The summed E-state index contributed by atoms with van der Waals surface area (Å²) in [7, 11) is 1.02. The summed E-state index contributed by atoms with van der Waals surface area (Å²) in [6, 6.07) is 8.83. The predicted molar refractivity (Wildman–Crippen MR) is 98.6 cm³/mol. The molecular formula is C19H24BNO5. The van der Waals surface area contributed by atoms with Gasteiger partial charge in [0.2, 0.25) is 0 Å². The number of methoxy groups -OCH3 is 1. The third-order valence-electron chi connectivity index (χ3n) is 5.01. The largest absolute Gasteiger partial charge is 0.498 e. The van der Waals surface area contributed by atoms with Crippen LogP contribution in [-0.2, 0) is 15.9 Å².